The van der Waals surface area contributed by atoms with Crippen molar-refractivity contribution in [3.63, 3.8) is 0 Å². The summed E-state index contributed by atoms with van der Waals surface area (Å²) < 4.78 is 0. The van der Waals surface area contributed by atoms with Gasteiger partial charge in [0.25, 0.3) is 0 Å². The van der Waals surface area contributed by atoms with E-state index in [4.69, 9.17) is 5.73 Å². The summed E-state index contributed by atoms with van der Waals surface area (Å²) in [6.45, 7) is 9.55. The van der Waals surface area contributed by atoms with Gasteiger partial charge in [-0.2, -0.15) is 0 Å². The van der Waals surface area contributed by atoms with Gasteiger partial charge >= 0.3 is 0 Å². The number of amides is 1. The number of benzene rings is 1. The average Bonchev–Trinajstić information content (AvgIpc) is 2.34. The summed E-state index contributed by atoms with van der Waals surface area (Å²) in [5.74, 6) is 0.665. The maximum absolute atomic E-state index is 11.9. The van der Waals surface area contributed by atoms with Crippen LogP contribution in [0, 0.1) is 19.8 Å². The molecule has 1 unspecified atom stereocenters. The van der Waals surface area contributed by atoms with Gasteiger partial charge in [0.2, 0.25) is 5.91 Å². The molecule has 0 saturated carbocycles. The van der Waals surface area contributed by atoms with Crippen LogP contribution in [0.1, 0.15) is 42.9 Å². The second kappa shape index (κ2) is 7.29. The summed E-state index contributed by atoms with van der Waals surface area (Å²) in [7, 11) is 0. The maximum atomic E-state index is 11.9. The highest BCUT2D eigenvalue weighted by atomic mass is 16.1. The normalized spacial score (nSPS) is 12.5. The Balaban J connectivity index is 2.70. The van der Waals surface area contributed by atoms with Crippen LogP contribution in [0.4, 0.5) is 0 Å². The molecule has 0 radical (unpaired) electrons. The first kappa shape index (κ1) is 15.7. The molecule has 0 saturated heterocycles. The number of aryl methyl sites for hydroxylation is 2. The summed E-state index contributed by atoms with van der Waals surface area (Å²) in [5, 5.41) is 2.95. The number of carbonyl (C=O) groups is 1. The highest BCUT2D eigenvalue weighted by molar-refractivity contribution is 5.77. The molecule has 0 spiro atoms. The zero-order valence-electron chi connectivity index (χ0n) is 12.5. The van der Waals surface area contributed by atoms with Crippen LogP contribution >= 0.6 is 0 Å². The molecule has 3 nitrogen and oxygen atoms in total. The minimum Gasteiger partial charge on any atom is -0.356 e. The standard InChI is InChI=1S/C16H26N2O/c1-11(2)10-18-16(19)8-14(9-17)15-6-5-12(3)7-13(15)4/h5-7,11,14H,8-10,17H2,1-4H3,(H,18,19). The molecule has 1 aromatic carbocycles. The van der Waals surface area contributed by atoms with Crippen molar-refractivity contribution in [2.24, 2.45) is 11.7 Å². The zero-order chi connectivity index (χ0) is 14.4. The van der Waals surface area contributed by atoms with E-state index in [1.165, 1.54) is 16.7 Å². The van der Waals surface area contributed by atoms with Gasteiger partial charge in [-0.3, -0.25) is 4.79 Å². The third kappa shape index (κ3) is 5.03. The van der Waals surface area contributed by atoms with E-state index in [0.717, 1.165) is 6.54 Å². The summed E-state index contributed by atoms with van der Waals surface area (Å²) in [6, 6.07) is 6.32. The van der Waals surface area contributed by atoms with E-state index in [0.29, 0.717) is 18.9 Å². The van der Waals surface area contributed by atoms with Crippen molar-refractivity contribution in [1.29, 1.82) is 0 Å². The van der Waals surface area contributed by atoms with Gasteiger partial charge in [0.15, 0.2) is 0 Å². The fourth-order valence-corrected chi connectivity index (χ4v) is 2.22. The van der Waals surface area contributed by atoms with Crippen LogP contribution < -0.4 is 11.1 Å². The predicted molar refractivity (Wildman–Crippen MR) is 80.2 cm³/mol. The molecule has 3 heteroatoms. The molecule has 0 heterocycles. The van der Waals surface area contributed by atoms with Gasteiger partial charge in [-0.05, 0) is 37.4 Å². The van der Waals surface area contributed by atoms with Gasteiger partial charge in [0.1, 0.15) is 0 Å². The van der Waals surface area contributed by atoms with E-state index in [-0.39, 0.29) is 11.8 Å². The van der Waals surface area contributed by atoms with Crippen LogP contribution in [-0.2, 0) is 4.79 Å². The second-order valence-corrected chi connectivity index (χ2v) is 5.69. The van der Waals surface area contributed by atoms with E-state index >= 15 is 0 Å². The lowest BCUT2D eigenvalue weighted by atomic mass is 9.91. The monoisotopic (exact) mass is 262 g/mol. The summed E-state index contributed by atoms with van der Waals surface area (Å²) >= 11 is 0. The molecule has 0 aliphatic heterocycles. The molecule has 106 valence electrons. The SMILES string of the molecule is Cc1ccc(C(CN)CC(=O)NCC(C)C)c(C)c1. The number of hydrogen-bond donors (Lipinski definition) is 2. The average molecular weight is 262 g/mol. The van der Waals surface area contributed by atoms with Crippen LogP contribution in [-0.4, -0.2) is 19.0 Å². The maximum Gasteiger partial charge on any atom is 0.220 e. The van der Waals surface area contributed by atoms with Crippen molar-refractivity contribution in [2.45, 2.75) is 40.0 Å². The van der Waals surface area contributed by atoms with Crippen molar-refractivity contribution in [2.75, 3.05) is 13.1 Å². The van der Waals surface area contributed by atoms with Crippen molar-refractivity contribution in [1.82, 2.24) is 5.32 Å². The smallest absolute Gasteiger partial charge is 0.220 e. The van der Waals surface area contributed by atoms with Crippen LogP contribution in [0.25, 0.3) is 0 Å². The van der Waals surface area contributed by atoms with Crippen molar-refractivity contribution in [3.05, 3.63) is 34.9 Å². The summed E-state index contributed by atoms with van der Waals surface area (Å²) in [4.78, 5) is 11.9. The Morgan fingerprint density at radius 3 is 2.53 bits per heavy atom. The van der Waals surface area contributed by atoms with E-state index < -0.39 is 0 Å². The fourth-order valence-electron chi connectivity index (χ4n) is 2.22. The summed E-state index contributed by atoms with van der Waals surface area (Å²) in [6.07, 6.45) is 0.465. The van der Waals surface area contributed by atoms with E-state index in [9.17, 15) is 4.79 Å². The first-order chi connectivity index (χ1) is 8.93. The van der Waals surface area contributed by atoms with Gasteiger partial charge in [0.05, 0.1) is 0 Å². The van der Waals surface area contributed by atoms with Crippen LogP contribution in [0.2, 0.25) is 0 Å². The molecule has 0 fully saturated rings. The molecular weight excluding hydrogens is 236 g/mol. The van der Waals surface area contributed by atoms with Crippen LogP contribution in [0.5, 0.6) is 0 Å². The number of carbonyl (C=O) groups excluding carboxylic acids is 1. The molecule has 0 aliphatic rings. The Kier molecular flexibility index (Phi) is 6.03. The lowest BCUT2D eigenvalue weighted by Gasteiger charge is -2.18. The Morgan fingerprint density at radius 2 is 2.00 bits per heavy atom. The van der Waals surface area contributed by atoms with Gasteiger partial charge < -0.3 is 11.1 Å². The van der Waals surface area contributed by atoms with Crippen LogP contribution in [0.15, 0.2) is 18.2 Å². The molecule has 1 aromatic rings. The minimum absolute atomic E-state index is 0.0872. The van der Waals surface area contributed by atoms with Crippen LogP contribution in [0.3, 0.4) is 0 Å². The van der Waals surface area contributed by atoms with E-state index in [1.807, 2.05) is 0 Å². The first-order valence-corrected chi connectivity index (χ1v) is 6.98. The Labute approximate surface area is 116 Å². The largest absolute Gasteiger partial charge is 0.356 e. The second-order valence-electron chi connectivity index (χ2n) is 5.69. The first-order valence-electron chi connectivity index (χ1n) is 6.98. The Hall–Kier alpha value is -1.35. The number of nitrogens with one attached hydrogen (secondary N) is 1. The van der Waals surface area contributed by atoms with Crippen molar-refractivity contribution in [3.8, 4) is 0 Å². The third-order valence-electron chi connectivity index (χ3n) is 3.29. The lowest BCUT2D eigenvalue weighted by Crippen LogP contribution is -2.30. The minimum atomic E-state index is 0.0872. The van der Waals surface area contributed by atoms with Crippen molar-refractivity contribution >= 4 is 5.91 Å². The molecule has 1 amide bonds. The molecule has 3 N–H and O–H groups in total. The number of rotatable bonds is 6. The van der Waals surface area contributed by atoms with Gasteiger partial charge in [-0.1, -0.05) is 37.6 Å². The third-order valence-corrected chi connectivity index (χ3v) is 3.29. The zero-order valence-corrected chi connectivity index (χ0v) is 12.5. The highest BCUT2D eigenvalue weighted by Gasteiger charge is 2.16. The molecule has 1 atom stereocenters. The topological polar surface area (TPSA) is 55.1 Å². The van der Waals surface area contributed by atoms with Gasteiger partial charge in [0, 0.05) is 18.9 Å². The van der Waals surface area contributed by atoms with Gasteiger partial charge in [-0.15, -0.1) is 0 Å². The predicted octanol–water partition coefficient (Wildman–Crippen LogP) is 2.51. The number of nitrogens with two attached hydrogens (primary N) is 1. The molecule has 0 aromatic heterocycles. The molecule has 1 rings (SSSR count). The Morgan fingerprint density at radius 1 is 1.32 bits per heavy atom. The summed E-state index contributed by atoms with van der Waals surface area (Å²) in [5.41, 5.74) is 9.48. The quantitative estimate of drug-likeness (QED) is 0.827. The van der Waals surface area contributed by atoms with Gasteiger partial charge in [-0.25, -0.2) is 0 Å². The Bertz CT molecular complexity index is 427. The molecule has 19 heavy (non-hydrogen) atoms. The number of hydrogen-bond acceptors (Lipinski definition) is 2. The van der Waals surface area contributed by atoms with E-state index in [2.05, 4.69) is 51.2 Å². The molecule has 0 aliphatic carbocycles. The molecule has 0 bridgehead atoms. The van der Waals surface area contributed by atoms with Crippen molar-refractivity contribution < 1.29 is 4.79 Å². The van der Waals surface area contributed by atoms with E-state index in [1.54, 1.807) is 0 Å². The lowest BCUT2D eigenvalue weighted by molar-refractivity contribution is -0.121. The molecular formula is C16H26N2O. The fraction of sp³-hybridized carbons (Fsp3) is 0.562. The highest BCUT2D eigenvalue weighted by Crippen LogP contribution is 2.23.